The van der Waals surface area contributed by atoms with Crippen LogP contribution in [0.4, 0.5) is 0 Å². The number of likely N-dealkylation sites (tertiary alicyclic amines) is 1. The minimum Gasteiger partial charge on any atom is -0.344 e. The van der Waals surface area contributed by atoms with Crippen LogP contribution in [-0.2, 0) is 16.1 Å². The van der Waals surface area contributed by atoms with Gasteiger partial charge in [0.1, 0.15) is 11.1 Å². The lowest BCUT2D eigenvalue weighted by Gasteiger charge is -2.31. The predicted octanol–water partition coefficient (Wildman–Crippen LogP) is 3.54. The normalized spacial score (nSPS) is 30.3. The number of hydrogen-bond acceptors (Lipinski definition) is 5. The number of rotatable bonds is 4. The molecule has 3 atom stereocenters. The Morgan fingerprint density at radius 3 is 2.89 bits per heavy atom. The molecule has 3 fully saturated rings. The summed E-state index contributed by atoms with van der Waals surface area (Å²) >= 11 is 1.73. The molecule has 0 radical (unpaired) electrons. The van der Waals surface area contributed by atoms with E-state index in [1.54, 1.807) is 11.3 Å². The molecule has 1 aromatic heterocycles. The van der Waals surface area contributed by atoms with Crippen LogP contribution >= 0.6 is 11.3 Å². The second-order valence-electron chi connectivity index (χ2n) is 8.13. The van der Waals surface area contributed by atoms with E-state index < -0.39 is 5.72 Å². The number of aromatic nitrogens is 1. The van der Waals surface area contributed by atoms with Crippen molar-refractivity contribution < 1.29 is 9.53 Å². The number of nitrogens with zero attached hydrogens (tertiary/aromatic N) is 3. The van der Waals surface area contributed by atoms with Gasteiger partial charge in [-0.2, -0.15) is 0 Å². The molecule has 1 aromatic carbocycles. The van der Waals surface area contributed by atoms with Crippen molar-refractivity contribution in [3.05, 3.63) is 52.0 Å². The van der Waals surface area contributed by atoms with Crippen LogP contribution in [0.2, 0.25) is 0 Å². The number of ether oxygens (including phenoxy) is 1. The summed E-state index contributed by atoms with van der Waals surface area (Å²) in [7, 11) is 0. The molecule has 0 N–H and O–H groups in total. The van der Waals surface area contributed by atoms with Crippen molar-refractivity contribution in [3.8, 4) is 0 Å². The van der Waals surface area contributed by atoms with Gasteiger partial charge in [-0.25, -0.2) is 4.98 Å². The fourth-order valence-corrected chi connectivity index (χ4v) is 5.76. The summed E-state index contributed by atoms with van der Waals surface area (Å²) in [5, 5.41) is 3.30. The first-order valence-electron chi connectivity index (χ1n) is 9.78. The number of carbonyl (C=O) groups excluding carboxylic acids is 1. The molecule has 1 amide bonds. The van der Waals surface area contributed by atoms with E-state index in [0.29, 0.717) is 18.9 Å². The molecule has 3 aliphatic rings. The standard InChI is InChI=1S/C21H25N3O2S/c1-14(2)16-13-27-19(22-16)12-23-9-8-21-18(23)10-20(25)24(21)11-17(26-21)15-6-4-3-5-7-15/h3-7,13-14,17-18H,8-12H2,1-2H3/t17-,18-,21+/m1/s1. The highest BCUT2D eigenvalue weighted by Gasteiger charge is 2.63. The second kappa shape index (κ2) is 6.40. The Bertz CT molecular complexity index is 852. The first-order chi connectivity index (χ1) is 13.1. The van der Waals surface area contributed by atoms with Crippen molar-refractivity contribution in [2.24, 2.45) is 0 Å². The zero-order chi connectivity index (χ0) is 18.6. The largest absolute Gasteiger partial charge is 0.344 e. The summed E-state index contributed by atoms with van der Waals surface area (Å²) in [6.45, 7) is 6.78. The minimum absolute atomic E-state index is 0.0229. The Labute approximate surface area is 164 Å². The lowest BCUT2D eigenvalue weighted by Crippen LogP contribution is -2.47. The number of hydrogen-bond donors (Lipinski definition) is 0. The molecular formula is C21H25N3O2S. The molecule has 2 aromatic rings. The second-order valence-corrected chi connectivity index (χ2v) is 9.07. The third-order valence-electron chi connectivity index (χ3n) is 6.21. The summed E-state index contributed by atoms with van der Waals surface area (Å²) in [5.41, 5.74) is 1.87. The van der Waals surface area contributed by atoms with Gasteiger partial charge in [0.15, 0.2) is 5.72 Å². The van der Waals surface area contributed by atoms with Crippen molar-refractivity contribution in [2.75, 3.05) is 13.1 Å². The Balaban J connectivity index is 1.37. The summed E-state index contributed by atoms with van der Waals surface area (Å²) < 4.78 is 6.61. The molecule has 6 heteroatoms. The van der Waals surface area contributed by atoms with Gasteiger partial charge in [0.05, 0.1) is 24.8 Å². The van der Waals surface area contributed by atoms with Gasteiger partial charge >= 0.3 is 0 Å². The molecule has 0 bridgehead atoms. The number of benzene rings is 1. The van der Waals surface area contributed by atoms with Crippen LogP contribution in [0.3, 0.4) is 0 Å². The van der Waals surface area contributed by atoms with Crippen LogP contribution in [0.5, 0.6) is 0 Å². The van der Waals surface area contributed by atoms with E-state index in [1.165, 1.54) is 0 Å². The summed E-state index contributed by atoms with van der Waals surface area (Å²) in [5.74, 6) is 0.679. The molecule has 5 rings (SSSR count). The average molecular weight is 384 g/mol. The zero-order valence-electron chi connectivity index (χ0n) is 15.8. The predicted molar refractivity (Wildman–Crippen MR) is 104 cm³/mol. The smallest absolute Gasteiger partial charge is 0.226 e. The molecule has 1 spiro atoms. The van der Waals surface area contributed by atoms with E-state index in [0.717, 1.165) is 35.8 Å². The molecule has 0 saturated carbocycles. The monoisotopic (exact) mass is 383 g/mol. The molecule has 0 aliphatic carbocycles. The van der Waals surface area contributed by atoms with Gasteiger partial charge in [0.2, 0.25) is 5.91 Å². The highest BCUT2D eigenvalue weighted by atomic mass is 32.1. The fourth-order valence-electron chi connectivity index (χ4n) is 4.78. The van der Waals surface area contributed by atoms with Crippen LogP contribution in [0.15, 0.2) is 35.7 Å². The molecule has 142 valence electrons. The van der Waals surface area contributed by atoms with Gasteiger partial charge in [-0.15, -0.1) is 11.3 Å². The van der Waals surface area contributed by atoms with Crippen LogP contribution in [-0.4, -0.2) is 45.5 Å². The van der Waals surface area contributed by atoms with Gasteiger partial charge in [-0.3, -0.25) is 9.69 Å². The van der Waals surface area contributed by atoms with Crippen molar-refractivity contribution in [1.82, 2.24) is 14.8 Å². The first-order valence-corrected chi connectivity index (χ1v) is 10.7. The van der Waals surface area contributed by atoms with Crippen molar-refractivity contribution in [2.45, 2.75) is 57.0 Å². The van der Waals surface area contributed by atoms with Crippen LogP contribution in [0.1, 0.15) is 55.0 Å². The van der Waals surface area contributed by atoms with Crippen molar-refractivity contribution >= 4 is 17.2 Å². The average Bonchev–Trinajstić information content (AvgIpc) is 3.40. The molecular weight excluding hydrogens is 358 g/mol. The summed E-state index contributed by atoms with van der Waals surface area (Å²) in [6.07, 6.45) is 1.42. The number of amides is 1. The van der Waals surface area contributed by atoms with Gasteiger partial charge in [0.25, 0.3) is 0 Å². The summed E-state index contributed by atoms with van der Waals surface area (Å²) in [6, 6.07) is 10.4. The highest BCUT2D eigenvalue weighted by Crippen LogP contribution is 2.50. The Kier molecular flexibility index (Phi) is 4.11. The van der Waals surface area contributed by atoms with E-state index in [4.69, 9.17) is 9.72 Å². The minimum atomic E-state index is -0.449. The van der Waals surface area contributed by atoms with Crippen molar-refractivity contribution in [3.63, 3.8) is 0 Å². The highest BCUT2D eigenvalue weighted by molar-refractivity contribution is 7.09. The van der Waals surface area contributed by atoms with E-state index in [-0.39, 0.29) is 18.1 Å². The molecule has 3 saturated heterocycles. The molecule has 0 unspecified atom stereocenters. The Hall–Kier alpha value is -1.76. The maximum Gasteiger partial charge on any atom is 0.226 e. The van der Waals surface area contributed by atoms with Crippen molar-refractivity contribution in [1.29, 1.82) is 0 Å². The summed E-state index contributed by atoms with van der Waals surface area (Å²) in [4.78, 5) is 21.9. The molecule has 27 heavy (non-hydrogen) atoms. The fraction of sp³-hybridized carbons (Fsp3) is 0.524. The third kappa shape index (κ3) is 2.73. The quantitative estimate of drug-likeness (QED) is 0.810. The zero-order valence-corrected chi connectivity index (χ0v) is 16.6. The molecule has 4 heterocycles. The number of carbonyl (C=O) groups is 1. The van der Waals surface area contributed by atoms with Gasteiger partial charge in [-0.05, 0) is 11.5 Å². The van der Waals surface area contributed by atoms with E-state index in [1.807, 2.05) is 23.1 Å². The van der Waals surface area contributed by atoms with E-state index in [9.17, 15) is 4.79 Å². The van der Waals surface area contributed by atoms with Gasteiger partial charge in [0, 0.05) is 24.8 Å². The lowest BCUT2D eigenvalue weighted by atomic mass is 10.1. The molecule has 5 nitrogen and oxygen atoms in total. The van der Waals surface area contributed by atoms with Crippen LogP contribution in [0.25, 0.3) is 0 Å². The van der Waals surface area contributed by atoms with Gasteiger partial charge in [-0.1, -0.05) is 44.2 Å². The van der Waals surface area contributed by atoms with E-state index >= 15 is 0 Å². The lowest BCUT2D eigenvalue weighted by molar-refractivity contribution is -0.138. The third-order valence-corrected chi connectivity index (χ3v) is 7.06. The van der Waals surface area contributed by atoms with Crippen LogP contribution < -0.4 is 0 Å². The molecule has 3 aliphatic heterocycles. The van der Waals surface area contributed by atoms with Crippen LogP contribution in [0, 0.1) is 0 Å². The SMILES string of the molecule is CC(C)c1csc(CN2CC[C@@]34O[C@@H](c5ccccc5)CN3C(=O)C[C@@H]24)n1. The first kappa shape index (κ1) is 17.3. The van der Waals surface area contributed by atoms with E-state index in [2.05, 4.69) is 36.3 Å². The maximum atomic E-state index is 12.7. The Morgan fingerprint density at radius 1 is 1.33 bits per heavy atom. The maximum absolute atomic E-state index is 12.7. The Morgan fingerprint density at radius 2 is 2.15 bits per heavy atom. The van der Waals surface area contributed by atoms with Gasteiger partial charge < -0.3 is 9.64 Å². The number of thiazole rings is 1. The topological polar surface area (TPSA) is 45.7 Å².